The van der Waals surface area contributed by atoms with Gasteiger partial charge in [-0.3, -0.25) is 9.59 Å². The lowest BCUT2D eigenvalue weighted by atomic mass is 10.1. The van der Waals surface area contributed by atoms with Gasteiger partial charge in [-0.25, -0.2) is 0 Å². The first-order valence-corrected chi connectivity index (χ1v) is 10.9. The first-order chi connectivity index (χ1) is 15.9. The van der Waals surface area contributed by atoms with Crippen LogP contribution in [0, 0.1) is 13.8 Å². The minimum absolute atomic E-state index is 0.0230. The third-order valence-corrected chi connectivity index (χ3v) is 5.96. The predicted octanol–water partition coefficient (Wildman–Crippen LogP) is 6.73. The van der Waals surface area contributed by atoms with Gasteiger partial charge in [0.05, 0.1) is 10.9 Å². The Bertz CT molecular complexity index is 1600. The molecule has 0 aliphatic rings. The Morgan fingerprint density at radius 3 is 2.30 bits per heavy atom. The second-order valence-electron chi connectivity index (χ2n) is 8.31. The normalized spacial score (nSPS) is 11.6. The van der Waals surface area contributed by atoms with E-state index in [1.54, 1.807) is 13.0 Å². The highest BCUT2D eigenvalue weighted by Crippen LogP contribution is 2.32. The van der Waals surface area contributed by atoms with Crippen LogP contribution >= 0.6 is 0 Å². The SMILES string of the molecule is CC(=O)c1c(C)n(-c2ccc(C)cc2)c2cc3c(=O)cc(/C=C/c4ccccc4)oc3cc12. The van der Waals surface area contributed by atoms with Gasteiger partial charge in [-0.2, -0.15) is 0 Å². The van der Waals surface area contributed by atoms with Crippen molar-refractivity contribution >= 4 is 39.8 Å². The second kappa shape index (κ2) is 8.06. The molecule has 0 amide bonds. The van der Waals surface area contributed by atoms with Crippen LogP contribution in [0.5, 0.6) is 0 Å². The quantitative estimate of drug-likeness (QED) is 0.295. The number of aromatic nitrogens is 1. The van der Waals surface area contributed by atoms with Gasteiger partial charge in [0.15, 0.2) is 11.2 Å². The Morgan fingerprint density at radius 2 is 1.61 bits per heavy atom. The number of rotatable bonds is 4. The van der Waals surface area contributed by atoms with Crippen molar-refractivity contribution in [3.05, 3.63) is 111 Å². The van der Waals surface area contributed by atoms with Crippen LogP contribution in [0.3, 0.4) is 0 Å². The molecule has 0 radical (unpaired) electrons. The van der Waals surface area contributed by atoms with Crippen LogP contribution in [0.4, 0.5) is 0 Å². The lowest BCUT2D eigenvalue weighted by Crippen LogP contribution is -2.01. The Morgan fingerprint density at radius 1 is 0.879 bits per heavy atom. The number of carbonyl (C=O) groups is 1. The fourth-order valence-corrected chi connectivity index (χ4v) is 4.38. The first-order valence-electron chi connectivity index (χ1n) is 10.9. The summed E-state index contributed by atoms with van der Waals surface area (Å²) in [4.78, 5) is 25.6. The molecule has 0 fully saturated rings. The molecular formula is C29H23NO3. The number of hydrogen-bond donors (Lipinski definition) is 0. The molecule has 0 saturated carbocycles. The predicted molar refractivity (Wildman–Crippen MR) is 134 cm³/mol. The number of fused-ring (bicyclic) bond motifs is 2. The van der Waals surface area contributed by atoms with Gasteiger partial charge in [0.1, 0.15) is 11.3 Å². The number of nitrogens with zero attached hydrogens (tertiary/aromatic N) is 1. The van der Waals surface area contributed by atoms with E-state index in [1.807, 2.05) is 91.2 Å². The van der Waals surface area contributed by atoms with Crippen LogP contribution in [0.1, 0.15) is 39.9 Å². The van der Waals surface area contributed by atoms with E-state index in [4.69, 9.17) is 4.42 Å². The minimum Gasteiger partial charge on any atom is -0.456 e. The lowest BCUT2D eigenvalue weighted by molar-refractivity contribution is 0.101. The van der Waals surface area contributed by atoms with E-state index < -0.39 is 0 Å². The summed E-state index contributed by atoms with van der Waals surface area (Å²) in [6, 6.07) is 23.1. The summed E-state index contributed by atoms with van der Waals surface area (Å²) in [7, 11) is 0. The summed E-state index contributed by atoms with van der Waals surface area (Å²) in [6.07, 6.45) is 3.69. The molecule has 4 nitrogen and oxygen atoms in total. The summed E-state index contributed by atoms with van der Waals surface area (Å²) in [5, 5.41) is 1.26. The Hall–Kier alpha value is -4.18. The van der Waals surface area contributed by atoms with Gasteiger partial charge in [0, 0.05) is 28.4 Å². The fraction of sp³-hybridized carbons (Fsp3) is 0.103. The van der Waals surface area contributed by atoms with Gasteiger partial charge in [0.2, 0.25) is 0 Å². The van der Waals surface area contributed by atoms with Crippen LogP contribution in [0.15, 0.2) is 82.0 Å². The standard InChI is InChI=1S/C29H23NO3/c1-18-9-12-22(13-10-18)30-19(2)29(20(3)31)24-17-28-25(16-26(24)30)27(32)15-23(33-28)14-11-21-7-5-4-6-8-21/h4-17H,1-3H3/b14-11+. The first kappa shape index (κ1) is 20.7. The maximum Gasteiger partial charge on any atom is 0.193 e. The molecule has 2 heterocycles. The van der Waals surface area contributed by atoms with Crippen LogP contribution in [0.2, 0.25) is 0 Å². The molecule has 33 heavy (non-hydrogen) atoms. The molecule has 5 rings (SSSR count). The largest absolute Gasteiger partial charge is 0.456 e. The maximum absolute atomic E-state index is 13.0. The Balaban J connectivity index is 1.74. The fourth-order valence-electron chi connectivity index (χ4n) is 4.38. The van der Waals surface area contributed by atoms with E-state index >= 15 is 0 Å². The van der Waals surface area contributed by atoms with Crippen LogP contribution in [-0.2, 0) is 0 Å². The molecular weight excluding hydrogens is 410 g/mol. The van der Waals surface area contributed by atoms with E-state index in [1.165, 1.54) is 6.07 Å². The summed E-state index contributed by atoms with van der Waals surface area (Å²) >= 11 is 0. The van der Waals surface area contributed by atoms with Crippen molar-refractivity contribution < 1.29 is 9.21 Å². The Kier molecular flexibility index (Phi) is 5.06. The Labute approximate surface area is 191 Å². The molecule has 0 spiro atoms. The average Bonchev–Trinajstić information content (AvgIpc) is 3.09. The van der Waals surface area contributed by atoms with E-state index in [-0.39, 0.29) is 11.2 Å². The van der Waals surface area contributed by atoms with Crippen molar-refractivity contribution in [2.75, 3.05) is 0 Å². The zero-order chi connectivity index (χ0) is 23.1. The number of ketones is 1. The molecule has 162 valence electrons. The number of Topliss-reactive ketones (excluding diaryl/α,β-unsaturated/α-hetero) is 1. The molecule has 3 aromatic carbocycles. The highest BCUT2D eigenvalue weighted by molar-refractivity contribution is 6.11. The van der Waals surface area contributed by atoms with Crippen LogP contribution in [0.25, 0.3) is 39.7 Å². The molecule has 0 bridgehead atoms. The van der Waals surface area contributed by atoms with Crippen LogP contribution in [-0.4, -0.2) is 10.4 Å². The molecule has 0 aliphatic carbocycles. The van der Waals surface area contributed by atoms with E-state index in [0.717, 1.165) is 33.4 Å². The molecule has 0 unspecified atom stereocenters. The number of carbonyl (C=O) groups excluding carboxylic acids is 1. The average molecular weight is 434 g/mol. The van der Waals surface area contributed by atoms with Gasteiger partial charge in [-0.15, -0.1) is 0 Å². The van der Waals surface area contributed by atoms with Crippen molar-refractivity contribution in [1.29, 1.82) is 0 Å². The summed E-state index contributed by atoms with van der Waals surface area (Å²) in [6.45, 7) is 5.54. The number of hydrogen-bond acceptors (Lipinski definition) is 3. The molecule has 0 saturated heterocycles. The van der Waals surface area contributed by atoms with Gasteiger partial charge >= 0.3 is 0 Å². The van der Waals surface area contributed by atoms with Gasteiger partial charge < -0.3 is 8.98 Å². The molecule has 2 aromatic heterocycles. The van der Waals surface area contributed by atoms with E-state index in [2.05, 4.69) is 0 Å². The topological polar surface area (TPSA) is 52.2 Å². The minimum atomic E-state index is -0.121. The number of aryl methyl sites for hydroxylation is 1. The lowest BCUT2D eigenvalue weighted by Gasteiger charge is -2.09. The van der Waals surface area contributed by atoms with Gasteiger partial charge in [0.25, 0.3) is 0 Å². The van der Waals surface area contributed by atoms with Crippen molar-refractivity contribution in [2.24, 2.45) is 0 Å². The third-order valence-electron chi connectivity index (χ3n) is 5.96. The molecule has 0 aliphatic heterocycles. The molecule has 0 atom stereocenters. The van der Waals surface area contributed by atoms with Crippen LogP contribution < -0.4 is 5.43 Å². The molecule has 5 aromatic rings. The van der Waals surface area contributed by atoms with Crippen molar-refractivity contribution in [2.45, 2.75) is 20.8 Å². The number of benzene rings is 3. The van der Waals surface area contributed by atoms with E-state index in [0.29, 0.717) is 22.3 Å². The third kappa shape index (κ3) is 3.70. The molecule has 0 N–H and O–H groups in total. The van der Waals surface area contributed by atoms with Gasteiger partial charge in [-0.1, -0.05) is 54.1 Å². The van der Waals surface area contributed by atoms with Crippen molar-refractivity contribution in [3.63, 3.8) is 0 Å². The summed E-state index contributed by atoms with van der Waals surface area (Å²) < 4.78 is 8.11. The van der Waals surface area contributed by atoms with Crippen molar-refractivity contribution in [3.8, 4) is 5.69 Å². The van der Waals surface area contributed by atoms with Gasteiger partial charge in [-0.05, 0) is 56.7 Å². The maximum atomic E-state index is 13.0. The zero-order valence-electron chi connectivity index (χ0n) is 18.8. The summed E-state index contributed by atoms with van der Waals surface area (Å²) in [5.41, 5.74) is 5.75. The van der Waals surface area contributed by atoms with E-state index in [9.17, 15) is 9.59 Å². The van der Waals surface area contributed by atoms with Crippen molar-refractivity contribution in [1.82, 2.24) is 4.57 Å². The zero-order valence-corrected chi connectivity index (χ0v) is 18.8. The second-order valence-corrected chi connectivity index (χ2v) is 8.31. The molecule has 4 heteroatoms. The summed E-state index contributed by atoms with van der Waals surface area (Å²) in [5.74, 6) is 0.444. The highest BCUT2D eigenvalue weighted by atomic mass is 16.3. The smallest absolute Gasteiger partial charge is 0.193 e. The monoisotopic (exact) mass is 433 g/mol. The highest BCUT2D eigenvalue weighted by Gasteiger charge is 2.20.